The van der Waals surface area contributed by atoms with Crippen LogP contribution in [0.4, 0.5) is 11.4 Å². The zero-order valence-electron chi connectivity index (χ0n) is 11.9. The quantitative estimate of drug-likeness (QED) is 0.884. The lowest BCUT2D eigenvalue weighted by molar-refractivity contribution is 0.101. The van der Waals surface area contributed by atoms with Crippen LogP contribution in [0, 0.1) is 0 Å². The van der Waals surface area contributed by atoms with Gasteiger partial charge in [-0.2, -0.15) is 0 Å². The van der Waals surface area contributed by atoms with Crippen molar-refractivity contribution in [3.05, 3.63) is 46.2 Å². The summed E-state index contributed by atoms with van der Waals surface area (Å²) in [5.74, 6) is -0.0849. The van der Waals surface area contributed by atoms with Gasteiger partial charge in [-0.15, -0.1) is 0 Å². The number of aromatic nitrogens is 1. The molecule has 1 aliphatic heterocycles. The lowest BCUT2D eigenvalue weighted by atomic mass is 10.0. The summed E-state index contributed by atoms with van der Waals surface area (Å²) in [4.78, 5) is 12.4. The minimum atomic E-state index is -0.0849. The Bertz CT molecular complexity index is 678. The molecule has 3 rings (SSSR count). The minimum absolute atomic E-state index is 0.0849. The van der Waals surface area contributed by atoms with E-state index in [-0.39, 0.29) is 5.91 Å². The lowest BCUT2D eigenvalue weighted by Gasteiger charge is -2.19. The Hall–Kier alpha value is -1.75. The van der Waals surface area contributed by atoms with E-state index in [9.17, 15) is 4.79 Å². The highest BCUT2D eigenvalue weighted by atomic mass is 79.9. The van der Waals surface area contributed by atoms with Crippen molar-refractivity contribution < 1.29 is 4.79 Å². The molecule has 2 aromatic rings. The second kappa shape index (κ2) is 5.93. The van der Waals surface area contributed by atoms with Gasteiger partial charge >= 0.3 is 0 Å². The number of fused-ring (bicyclic) bond motifs is 1. The Labute approximate surface area is 132 Å². The van der Waals surface area contributed by atoms with Crippen molar-refractivity contribution in [2.24, 2.45) is 0 Å². The number of rotatable bonds is 3. The van der Waals surface area contributed by atoms with Crippen molar-refractivity contribution >= 4 is 33.2 Å². The predicted octanol–water partition coefficient (Wildman–Crippen LogP) is 3.88. The Kier molecular flexibility index (Phi) is 4.01. The SMILES string of the molecule is CCn1cc(Br)cc1C(=O)Nc1ccc2c(c1)NCCC2. The van der Waals surface area contributed by atoms with Crippen molar-refractivity contribution in [1.82, 2.24) is 4.57 Å². The predicted molar refractivity (Wildman–Crippen MR) is 89.0 cm³/mol. The number of nitrogens with one attached hydrogen (secondary N) is 2. The normalized spacial score (nSPS) is 13.4. The average molecular weight is 348 g/mol. The van der Waals surface area contributed by atoms with Gasteiger partial charge in [0.1, 0.15) is 5.69 Å². The topological polar surface area (TPSA) is 46.1 Å². The number of aryl methyl sites for hydroxylation is 2. The van der Waals surface area contributed by atoms with Crippen LogP contribution in [0.5, 0.6) is 0 Å². The van der Waals surface area contributed by atoms with Crippen LogP contribution >= 0.6 is 15.9 Å². The number of amides is 1. The smallest absolute Gasteiger partial charge is 0.272 e. The molecular weight excluding hydrogens is 330 g/mol. The average Bonchev–Trinajstić information content (AvgIpc) is 2.88. The van der Waals surface area contributed by atoms with Gasteiger partial charge in [0.2, 0.25) is 0 Å². The fourth-order valence-corrected chi connectivity index (χ4v) is 3.12. The molecule has 1 aromatic heterocycles. The van der Waals surface area contributed by atoms with Crippen LogP contribution in [0.15, 0.2) is 34.9 Å². The maximum atomic E-state index is 12.4. The van der Waals surface area contributed by atoms with Crippen LogP contribution < -0.4 is 10.6 Å². The molecule has 1 amide bonds. The summed E-state index contributed by atoms with van der Waals surface area (Å²) in [6, 6.07) is 7.92. The van der Waals surface area contributed by atoms with Gasteiger partial charge in [0.05, 0.1) is 0 Å². The summed E-state index contributed by atoms with van der Waals surface area (Å²) in [5.41, 5.74) is 3.94. The Balaban J connectivity index is 1.81. The van der Waals surface area contributed by atoms with Gasteiger partial charge in [-0.3, -0.25) is 4.79 Å². The van der Waals surface area contributed by atoms with Crippen LogP contribution in [0.1, 0.15) is 29.4 Å². The third-order valence-electron chi connectivity index (χ3n) is 3.74. The molecule has 0 radical (unpaired) electrons. The molecule has 1 aliphatic rings. The van der Waals surface area contributed by atoms with E-state index in [0.717, 1.165) is 41.8 Å². The van der Waals surface area contributed by atoms with E-state index in [1.54, 1.807) is 0 Å². The number of carbonyl (C=O) groups excluding carboxylic acids is 1. The number of anilines is 2. The first kappa shape index (κ1) is 14.2. The van der Waals surface area contributed by atoms with Crippen LogP contribution in [-0.4, -0.2) is 17.0 Å². The molecule has 0 unspecified atom stereocenters. The number of nitrogens with zero attached hydrogens (tertiary/aromatic N) is 1. The molecule has 4 nitrogen and oxygen atoms in total. The minimum Gasteiger partial charge on any atom is -0.385 e. The van der Waals surface area contributed by atoms with Gasteiger partial charge in [-0.1, -0.05) is 6.07 Å². The maximum absolute atomic E-state index is 12.4. The van der Waals surface area contributed by atoms with Crippen molar-refractivity contribution in [2.45, 2.75) is 26.3 Å². The molecule has 0 saturated carbocycles. The number of carbonyl (C=O) groups is 1. The largest absolute Gasteiger partial charge is 0.385 e. The highest BCUT2D eigenvalue weighted by molar-refractivity contribution is 9.10. The van der Waals surface area contributed by atoms with E-state index in [2.05, 4.69) is 32.6 Å². The molecule has 2 heterocycles. The highest BCUT2D eigenvalue weighted by Gasteiger charge is 2.14. The van der Waals surface area contributed by atoms with E-state index in [4.69, 9.17) is 0 Å². The Morgan fingerprint density at radius 3 is 3.10 bits per heavy atom. The number of hydrogen-bond donors (Lipinski definition) is 2. The Morgan fingerprint density at radius 2 is 2.29 bits per heavy atom. The van der Waals surface area contributed by atoms with Gasteiger partial charge in [0.15, 0.2) is 0 Å². The van der Waals surface area contributed by atoms with Crippen molar-refractivity contribution in [2.75, 3.05) is 17.2 Å². The summed E-state index contributed by atoms with van der Waals surface area (Å²) in [5, 5.41) is 6.35. The standard InChI is InChI=1S/C16H18BrN3O/c1-2-20-10-12(17)8-15(20)16(21)19-13-6-5-11-4-3-7-18-14(11)9-13/h5-6,8-10,18H,2-4,7H2,1H3,(H,19,21). The zero-order valence-corrected chi connectivity index (χ0v) is 13.5. The molecule has 5 heteroatoms. The fourth-order valence-electron chi connectivity index (χ4n) is 2.66. The first-order valence-electron chi connectivity index (χ1n) is 7.21. The van der Waals surface area contributed by atoms with Crippen LogP contribution in [0.2, 0.25) is 0 Å². The first-order valence-corrected chi connectivity index (χ1v) is 8.00. The molecule has 110 valence electrons. The molecule has 2 N–H and O–H groups in total. The van der Waals surface area contributed by atoms with Gasteiger partial charge in [-0.25, -0.2) is 0 Å². The number of hydrogen-bond acceptors (Lipinski definition) is 2. The van der Waals surface area contributed by atoms with E-state index in [0.29, 0.717) is 5.69 Å². The van der Waals surface area contributed by atoms with E-state index in [1.165, 1.54) is 5.56 Å². The third-order valence-corrected chi connectivity index (χ3v) is 4.18. The molecule has 0 spiro atoms. The summed E-state index contributed by atoms with van der Waals surface area (Å²) in [6.07, 6.45) is 4.18. The lowest BCUT2D eigenvalue weighted by Crippen LogP contribution is -2.17. The highest BCUT2D eigenvalue weighted by Crippen LogP contribution is 2.26. The van der Waals surface area contributed by atoms with Crippen LogP contribution in [0.25, 0.3) is 0 Å². The fraction of sp³-hybridized carbons (Fsp3) is 0.312. The molecular formula is C16H18BrN3O. The molecule has 0 fully saturated rings. The summed E-state index contributed by atoms with van der Waals surface area (Å²) in [6.45, 7) is 3.78. The van der Waals surface area contributed by atoms with Crippen molar-refractivity contribution in [1.29, 1.82) is 0 Å². The van der Waals surface area contributed by atoms with E-state index in [1.807, 2.05) is 35.9 Å². The number of halogens is 1. The Morgan fingerprint density at radius 1 is 1.43 bits per heavy atom. The van der Waals surface area contributed by atoms with Crippen molar-refractivity contribution in [3.8, 4) is 0 Å². The first-order chi connectivity index (χ1) is 10.2. The zero-order chi connectivity index (χ0) is 14.8. The van der Waals surface area contributed by atoms with Gasteiger partial charge in [0, 0.05) is 35.1 Å². The van der Waals surface area contributed by atoms with Gasteiger partial charge in [0.25, 0.3) is 5.91 Å². The maximum Gasteiger partial charge on any atom is 0.272 e. The molecule has 1 aromatic carbocycles. The summed E-state index contributed by atoms with van der Waals surface area (Å²) >= 11 is 3.42. The van der Waals surface area contributed by atoms with E-state index >= 15 is 0 Å². The molecule has 21 heavy (non-hydrogen) atoms. The summed E-state index contributed by atoms with van der Waals surface area (Å²) < 4.78 is 2.84. The molecule has 0 bridgehead atoms. The third kappa shape index (κ3) is 2.97. The second-order valence-electron chi connectivity index (χ2n) is 5.19. The second-order valence-corrected chi connectivity index (χ2v) is 6.10. The molecule has 0 saturated heterocycles. The summed E-state index contributed by atoms with van der Waals surface area (Å²) in [7, 11) is 0. The molecule has 0 atom stereocenters. The van der Waals surface area contributed by atoms with Crippen molar-refractivity contribution in [3.63, 3.8) is 0 Å². The monoisotopic (exact) mass is 347 g/mol. The van der Waals surface area contributed by atoms with Crippen LogP contribution in [-0.2, 0) is 13.0 Å². The number of benzene rings is 1. The van der Waals surface area contributed by atoms with E-state index < -0.39 is 0 Å². The van der Waals surface area contributed by atoms with Gasteiger partial charge in [-0.05, 0) is 59.5 Å². The van der Waals surface area contributed by atoms with Crippen LogP contribution in [0.3, 0.4) is 0 Å². The molecule has 0 aliphatic carbocycles. The van der Waals surface area contributed by atoms with Gasteiger partial charge < -0.3 is 15.2 Å².